The molecule has 1 aliphatic rings. The van der Waals surface area contributed by atoms with Crippen LogP contribution in [0.4, 0.5) is 5.69 Å². The van der Waals surface area contributed by atoms with Crippen LogP contribution in [0.2, 0.25) is 0 Å². The number of nitrogens with zero attached hydrogens (tertiary/aromatic N) is 3. The monoisotopic (exact) mass is 444 g/mol. The minimum absolute atomic E-state index is 0.318. The molecular weight excluding hydrogens is 416 g/mol. The van der Waals surface area contributed by atoms with E-state index in [-0.39, 0.29) is 6.54 Å². The fourth-order valence-electron chi connectivity index (χ4n) is 3.55. The van der Waals surface area contributed by atoms with E-state index in [0.29, 0.717) is 11.1 Å². The Hall–Kier alpha value is -2.48. The fourth-order valence-corrected chi connectivity index (χ4v) is 4.74. The van der Waals surface area contributed by atoms with Gasteiger partial charge in [-0.2, -0.15) is 5.26 Å². The molecule has 0 amide bonds. The van der Waals surface area contributed by atoms with Gasteiger partial charge in [-0.3, -0.25) is 0 Å². The van der Waals surface area contributed by atoms with E-state index in [0.717, 1.165) is 42.6 Å². The van der Waals surface area contributed by atoms with Gasteiger partial charge in [-0.15, -0.1) is 0 Å². The molecular formula is C22H28N4O4S. The molecule has 1 aliphatic heterocycles. The van der Waals surface area contributed by atoms with Gasteiger partial charge in [-0.05, 0) is 54.1 Å². The molecule has 0 bridgehead atoms. The zero-order valence-corrected chi connectivity index (χ0v) is 18.6. The van der Waals surface area contributed by atoms with Crippen LogP contribution in [0.15, 0.2) is 41.3 Å². The highest BCUT2D eigenvalue weighted by Crippen LogP contribution is 2.28. The standard InChI is InChI=1S/C22H28N4O4S/c1-16(22(13-23)31(29,30)24-14-21(28)15-27)17-3-4-19-12-20(6-5-18(19)11-17)26-9-7-25(2)8-10-26/h3-6,11-12,21,24,27-28H,7-10,14-15H2,1-2H3/b22-16+. The number of fused-ring (bicyclic) bond motifs is 1. The van der Waals surface area contributed by atoms with Crippen LogP contribution in [-0.2, 0) is 10.0 Å². The molecule has 1 unspecified atom stereocenters. The molecule has 1 saturated heterocycles. The minimum Gasteiger partial charge on any atom is -0.394 e. The molecule has 166 valence electrons. The van der Waals surface area contributed by atoms with Crippen molar-refractivity contribution in [3.05, 3.63) is 46.9 Å². The highest BCUT2D eigenvalue weighted by atomic mass is 32.2. The number of nitriles is 1. The van der Waals surface area contributed by atoms with E-state index >= 15 is 0 Å². The second-order valence-corrected chi connectivity index (χ2v) is 9.49. The summed E-state index contributed by atoms with van der Waals surface area (Å²) in [5.41, 5.74) is 2.11. The normalized spacial score (nSPS) is 17.3. The van der Waals surface area contributed by atoms with E-state index < -0.39 is 27.6 Å². The molecule has 1 atom stereocenters. The highest BCUT2D eigenvalue weighted by Gasteiger charge is 2.22. The van der Waals surface area contributed by atoms with E-state index in [1.165, 1.54) is 0 Å². The lowest BCUT2D eigenvalue weighted by molar-refractivity contribution is 0.0989. The zero-order valence-electron chi connectivity index (χ0n) is 17.7. The molecule has 2 aromatic carbocycles. The number of rotatable bonds is 7. The van der Waals surface area contributed by atoms with Gasteiger partial charge >= 0.3 is 0 Å². The molecule has 9 heteroatoms. The Morgan fingerprint density at radius 3 is 2.45 bits per heavy atom. The molecule has 1 fully saturated rings. The SMILES string of the molecule is C/C(=C(/C#N)S(=O)(=O)NCC(O)CO)c1ccc2cc(N3CCN(C)CC3)ccc2c1. The van der Waals surface area contributed by atoms with Crippen molar-refractivity contribution < 1.29 is 18.6 Å². The summed E-state index contributed by atoms with van der Waals surface area (Å²) >= 11 is 0. The predicted molar refractivity (Wildman–Crippen MR) is 122 cm³/mol. The van der Waals surface area contributed by atoms with Crippen LogP contribution in [0.1, 0.15) is 12.5 Å². The van der Waals surface area contributed by atoms with Crippen LogP contribution in [0.5, 0.6) is 0 Å². The zero-order chi connectivity index (χ0) is 22.6. The van der Waals surface area contributed by atoms with Crippen molar-refractivity contribution in [2.75, 3.05) is 51.3 Å². The highest BCUT2D eigenvalue weighted by molar-refractivity contribution is 7.93. The maximum atomic E-state index is 12.5. The van der Waals surface area contributed by atoms with Gasteiger partial charge in [-0.25, -0.2) is 13.1 Å². The Morgan fingerprint density at radius 1 is 1.16 bits per heavy atom. The van der Waals surface area contributed by atoms with E-state index in [4.69, 9.17) is 5.11 Å². The first-order chi connectivity index (χ1) is 14.7. The summed E-state index contributed by atoms with van der Waals surface area (Å²) in [7, 11) is -2.00. The van der Waals surface area contributed by atoms with E-state index in [1.54, 1.807) is 19.1 Å². The van der Waals surface area contributed by atoms with Crippen LogP contribution >= 0.6 is 0 Å². The second-order valence-electron chi connectivity index (χ2n) is 7.79. The smallest absolute Gasteiger partial charge is 0.251 e. The molecule has 1 heterocycles. The van der Waals surface area contributed by atoms with Crippen molar-refractivity contribution in [2.24, 2.45) is 0 Å². The van der Waals surface area contributed by atoms with E-state index in [1.807, 2.05) is 18.2 Å². The number of hydrogen-bond acceptors (Lipinski definition) is 7. The summed E-state index contributed by atoms with van der Waals surface area (Å²) in [5, 5.41) is 29.7. The minimum atomic E-state index is -4.12. The first-order valence-electron chi connectivity index (χ1n) is 10.1. The number of nitrogens with one attached hydrogen (secondary N) is 1. The van der Waals surface area contributed by atoms with Gasteiger partial charge in [0.15, 0.2) is 4.91 Å². The first kappa shape index (κ1) is 23.2. The summed E-state index contributed by atoms with van der Waals surface area (Å²) in [5.74, 6) is 0. The molecule has 8 nitrogen and oxygen atoms in total. The molecule has 0 saturated carbocycles. The van der Waals surface area contributed by atoms with Gasteiger partial charge in [0.1, 0.15) is 6.07 Å². The average Bonchev–Trinajstić information content (AvgIpc) is 2.77. The van der Waals surface area contributed by atoms with Gasteiger partial charge < -0.3 is 20.0 Å². The first-order valence-corrected chi connectivity index (χ1v) is 11.6. The third-order valence-electron chi connectivity index (χ3n) is 5.56. The molecule has 0 spiro atoms. The Balaban J connectivity index is 1.89. The van der Waals surface area contributed by atoms with Crippen LogP contribution in [0.3, 0.4) is 0 Å². The van der Waals surface area contributed by atoms with Gasteiger partial charge in [0, 0.05) is 38.4 Å². The number of aliphatic hydroxyl groups excluding tert-OH is 2. The topological polar surface area (TPSA) is 117 Å². The van der Waals surface area contributed by atoms with Crippen LogP contribution in [-0.4, -0.2) is 76.0 Å². The van der Waals surface area contributed by atoms with E-state index in [9.17, 15) is 18.8 Å². The summed E-state index contributed by atoms with van der Waals surface area (Å²) < 4.78 is 27.2. The summed E-state index contributed by atoms with van der Waals surface area (Å²) in [6.45, 7) is 4.64. The lowest BCUT2D eigenvalue weighted by atomic mass is 10.0. The van der Waals surface area contributed by atoms with Crippen LogP contribution in [0, 0.1) is 11.3 Å². The summed E-state index contributed by atoms with van der Waals surface area (Å²) in [6, 6.07) is 13.6. The Kier molecular flexibility index (Phi) is 7.30. The average molecular weight is 445 g/mol. The third kappa shape index (κ3) is 5.42. The van der Waals surface area contributed by atoms with Crippen molar-refractivity contribution in [3.63, 3.8) is 0 Å². The quantitative estimate of drug-likeness (QED) is 0.548. The third-order valence-corrected chi connectivity index (χ3v) is 7.04. The van der Waals surface area contributed by atoms with Gasteiger partial charge in [-0.1, -0.05) is 18.2 Å². The lowest BCUT2D eigenvalue weighted by Gasteiger charge is -2.34. The van der Waals surface area contributed by atoms with Crippen molar-refractivity contribution in [1.82, 2.24) is 9.62 Å². The Labute approximate surface area is 183 Å². The molecule has 31 heavy (non-hydrogen) atoms. The molecule has 0 radical (unpaired) electrons. The molecule has 0 aromatic heterocycles. The lowest BCUT2D eigenvalue weighted by Crippen LogP contribution is -2.44. The van der Waals surface area contributed by atoms with Gasteiger partial charge in [0.2, 0.25) is 0 Å². The predicted octanol–water partition coefficient (Wildman–Crippen LogP) is 1.12. The number of sulfonamides is 1. The Bertz CT molecular complexity index is 1120. The molecule has 3 N–H and O–H groups in total. The molecule has 2 aromatic rings. The number of hydrogen-bond donors (Lipinski definition) is 3. The number of piperazine rings is 1. The van der Waals surface area contributed by atoms with Gasteiger partial charge in [0.25, 0.3) is 10.0 Å². The van der Waals surface area contributed by atoms with E-state index in [2.05, 4.69) is 33.7 Å². The number of anilines is 1. The summed E-state index contributed by atoms with van der Waals surface area (Å²) in [4.78, 5) is 4.25. The summed E-state index contributed by atoms with van der Waals surface area (Å²) in [6.07, 6.45) is -1.23. The second kappa shape index (κ2) is 9.77. The maximum absolute atomic E-state index is 12.5. The number of benzene rings is 2. The Morgan fingerprint density at radius 2 is 1.81 bits per heavy atom. The van der Waals surface area contributed by atoms with Crippen molar-refractivity contribution >= 4 is 32.1 Å². The molecule has 3 rings (SSSR count). The van der Waals surface area contributed by atoms with Crippen molar-refractivity contribution in [1.29, 1.82) is 5.26 Å². The van der Waals surface area contributed by atoms with Crippen molar-refractivity contribution in [2.45, 2.75) is 13.0 Å². The number of likely N-dealkylation sites (N-methyl/N-ethyl adjacent to an activating group) is 1. The van der Waals surface area contributed by atoms with Gasteiger partial charge in [0.05, 0.1) is 12.7 Å². The largest absolute Gasteiger partial charge is 0.394 e. The van der Waals surface area contributed by atoms with Crippen molar-refractivity contribution in [3.8, 4) is 6.07 Å². The van der Waals surface area contributed by atoms with Crippen LogP contribution in [0.25, 0.3) is 16.3 Å². The maximum Gasteiger partial charge on any atom is 0.251 e. The molecule has 0 aliphatic carbocycles. The van der Waals surface area contributed by atoms with Crippen LogP contribution < -0.4 is 9.62 Å². The fraction of sp³-hybridized carbons (Fsp3) is 0.409. The number of aliphatic hydroxyl groups is 2. The number of allylic oxidation sites excluding steroid dienone is 2.